The number of benzene rings is 2. The fourth-order valence-corrected chi connectivity index (χ4v) is 4.52. The number of fused-ring (bicyclic) bond motifs is 2. The van der Waals surface area contributed by atoms with Gasteiger partial charge in [0.15, 0.2) is 17.3 Å². The van der Waals surface area contributed by atoms with Gasteiger partial charge < -0.3 is 29.1 Å². The number of nitrogens with zero attached hydrogens (tertiary/aromatic N) is 4. The average Bonchev–Trinajstić information content (AvgIpc) is 2.75. The molecule has 0 bridgehead atoms. The number of aromatic nitrogens is 1. The quantitative estimate of drug-likeness (QED) is 0.527. The van der Waals surface area contributed by atoms with Gasteiger partial charge in [-0.15, -0.1) is 0 Å². The Morgan fingerprint density at radius 1 is 1.16 bits per heavy atom. The smallest absolute Gasteiger partial charge is 0.341 e. The molecule has 1 aromatic heterocycles. The summed E-state index contributed by atoms with van der Waals surface area (Å²) >= 11 is 0. The predicted molar refractivity (Wildman–Crippen MR) is 121 cm³/mol. The molecular formula is C23H23FN4O4. The van der Waals surface area contributed by atoms with Crippen LogP contribution in [-0.2, 0) is 0 Å². The monoisotopic (exact) mass is 438 g/mol. The molecular weight excluding hydrogens is 415 g/mol. The lowest BCUT2D eigenvalue weighted by Crippen LogP contribution is -2.45. The highest BCUT2D eigenvalue weighted by Crippen LogP contribution is 2.49. The summed E-state index contributed by atoms with van der Waals surface area (Å²) in [5.74, 6) is -1.25. The van der Waals surface area contributed by atoms with Gasteiger partial charge in [0.1, 0.15) is 16.8 Å². The van der Waals surface area contributed by atoms with Crippen molar-refractivity contribution in [2.75, 3.05) is 57.1 Å². The largest absolute Gasteiger partial charge is 0.477 e. The number of rotatable bonds is 3. The molecule has 32 heavy (non-hydrogen) atoms. The Bertz CT molecular complexity index is 1330. The van der Waals surface area contributed by atoms with Gasteiger partial charge in [-0.1, -0.05) is 12.1 Å². The molecule has 8 nitrogen and oxygen atoms in total. The predicted octanol–water partition coefficient (Wildman–Crippen LogP) is 2.75. The van der Waals surface area contributed by atoms with E-state index in [2.05, 4.69) is 4.90 Å². The van der Waals surface area contributed by atoms with E-state index >= 15 is 4.39 Å². The molecule has 0 aliphatic carbocycles. The zero-order valence-electron chi connectivity index (χ0n) is 18.1. The van der Waals surface area contributed by atoms with Crippen molar-refractivity contribution in [2.45, 2.75) is 0 Å². The number of para-hydroxylation sites is 2. The van der Waals surface area contributed by atoms with Gasteiger partial charge >= 0.3 is 5.97 Å². The summed E-state index contributed by atoms with van der Waals surface area (Å²) in [5, 5.41) is 9.69. The number of carbonyl (C=O) groups is 1. The second-order valence-electron chi connectivity index (χ2n) is 8.37. The van der Waals surface area contributed by atoms with Crippen LogP contribution in [0.2, 0.25) is 0 Å². The number of carboxylic acid groups (broad SMARTS) is 1. The highest BCUT2D eigenvalue weighted by Gasteiger charge is 2.34. The number of pyridine rings is 1. The Labute approximate surface area is 183 Å². The zero-order chi connectivity index (χ0) is 22.7. The van der Waals surface area contributed by atoms with Gasteiger partial charge in [0.25, 0.3) is 0 Å². The van der Waals surface area contributed by atoms with Crippen molar-refractivity contribution in [3.05, 3.63) is 52.1 Å². The molecule has 166 valence electrons. The number of aromatic carboxylic acids is 1. The molecule has 3 aromatic rings. The van der Waals surface area contributed by atoms with Crippen LogP contribution in [0, 0.1) is 5.82 Å². The molecule has 1 N–H and O–H groups in total. The maximum absolute atomic E-state index is 16.2. The summed E-state index contributed by atoms with van der Waals surface area (Å²) in [6.45, 7) is 2.72. The van der Waals surface area contributed by atoms with Crippen LogP contribution < -0.4 is 20.0 Å². The molecule has 0 saturated carbocycles. The number of hydrogen-bond donors (Lipinski definition) is 1. The highest BCUT2D eigenvalue weighted by atomic mass is 19.1. The third-order valence-corrected chi connectivity index (χ3v) is 6.12. The highest BCUT2D eigenvalue weighted by molar-refractivity contribution is 6.05. The van der Waals surface area contributed by atoms with E-state index in [0.29, 0.717) is 35.7 Å². The Balaban J connectivity index is 1.96. The number of anilines is 2. The third kappa shape index (κ3) is 2.85. The summed E-state index contributed by atoms with van der Waals surface area (Å²) in [6, 6.07) is 7.12. The molecule has 1 fully saturated rings. The first kappa shape index (κ1) is 20.3. The number of ether oxygens (including phenoxy) is 1. The van der Waals surface area contributed by atoms with Crippen LogP contribution in [0.4, 0.5) is 15.8 Å². The molecule has 5 rings (SSSR count). The van der Waals surface area contributed by atoms with Gasteiger partial charge in [-0.25, -0.2) is 9.18 Å². The minimum absolute atomic E-state index is 0.00483. The van der Waals surface area contributed by atoms with E-state index in [4.69, 9.17) is 4.74 Å². The van der Waals surface area contributed by atoms with E-state index in [1.165, 1.54) is 11.1 Å². The Morgan fingerprint density at radius 2 is 1.84 bits per heavy atom. The van der Waals surface area contributed by atoms with Gasteiger partial charge in [-0.3, -0.25) is 4.79 Å². The number of halogens is 1. The number of piperazine rings is 1. The summed E-state index contributed by atoms with van der Waals surface area (Å²) < 4.78 is 24.0. The normalized spacial score (nSPS) is 15.4. The van der Waals surface area contributed by atoms with Gasteiger partial charge in [0, 0.05) is 46.5 Å². The van der Waals surface area contributed by atoms with Crippen LogP contribution in [0.15, 0.2) is 35.3 Å². The minimum atomic E-state index is -1.36. The van der Waals surface area contributed by atoms with Gasteiger partial charge in [0.05, 0.1) is 16.8 Å². The van der Waals surface area contributed by atoms with Crippen LogP contribution >= 0.6 is 0 Å². The van der Waals surface area contributed by atoms with Gasteiger partial charge in [0.2, 0.25) is 5.43 Å². The molecule has 0 spiro atoms. The molecule has 2 aliphatic heterocycles. The van der Waals surface area contributed by atoms with Crippen molar-refractivity contribution in [1.29, 1.82) is 0 Å². The maximum Gasteiger partial charge on any atom is 0.341 e. The van der Waals surface area contributed by atoms with Crippen molar-refractivity contribution in [3.8, 4) is 17.2 Å². The maximum atomic E-state index is 16.2. The molecule has 2 aromatic carbocycles. The van der Waals surface area contributed by atoms with E-state index in [1.807, 2.05) is 11.9 Å². The van der Waals surface area contributed by atoms with E-state index in [9.17, 15) is 14.7 Å². The fraction of sp³-hybridized carbons (Fsp3) is 0.304. The fourth-order valence-electron chi connectivity index (χ4n) is 4.52. The van der Waals surface area contributed by atoms with Crippen LogP contribution in [-0.4, -0.2) is 67.9 Å². The number of likely N-dealkylation sites (N-methyl/N-ethyl adjacent to an activating group) is 1. The lowest BCUT2D eigenvalue weighted by molar-refractivity contribution is 0.0695. The Morgan fingerprint density at radius 3 is 2.50 bits per heavy atom. The van der Waals surface area contributed by atoms with E-state index in [1.54, 1.807) is 42.9 Å². The van der Waals surface area contributed by atoms with Gasteiger partial charge in [-0.2, -0.15) is 0 Å². The number of hydrogen-bond acceptors (Lipinski definition) is 6. The molecule has 0 atom stereocenters. The summed E-state index contributed by atoms with van der Waals surface area (Å²) in [4.78, 5) is 30.8. The second kappa shape index (κ2) is 7.23. The minimum Gasteiger partial charge on any atom is -0.477 e. The van der Waals surface area contributed by atoms with Crippen molar-refractivity contribution >= 4 is 28.2 Å². The Kier molecular flexibility index (Phi) is 4.59. The molecule has 2 aliphatic rings. The average molecular weight is 438 g/mol. The van der Waals surface area contributed by atoms with Crippen molar-refractivity contribution in [2.24, 2.45) is 0 Å². The van der Waals surface area contributed by atoms with E-state index in [0.717, 1.165) is 13.1 Å². The first-order valence-corrected chi connectivity index (χ1v) is 10.4. The first-order valence-electron chi connectivity index (χ1n) is 10.4. The zero-order valence-corrected chi connectivity index (χ0v) is 18.1. The van der Waals surface area contributed by atoms with E-state index in [-0.39, 0.29) is 16.8 Å². The summed E-state index contributed by atoms with van der Waals surface area (Å²) in [5.41, 5.74) is 0.156. The lowest BCUT2D eigenvalue weighted by atomic mass is 10.0. The molecule has 0 amide bonds. The third-order valence-electron chi connectivity index (χ3n) is 6.12. The molecule has 1 saturated heterocycles. The molecule has 3 heterocycles. The number of carboxylic acids is 1. The van der Waals surface area contributed by atoms with Crippen molar-refractivity contribution in [3.63, 3.8) is 0 Å². The molecule has 9 heteroatoms. The molecule has 0 unspecified atom stereocenters. The van der Waals surface area contributed by atoms with Gasteiger partial charge in [-0.05, 0) is 19.2 Å². The van der Waals surface area contributed by atoms with Crippen LogP contribution in [0.5, 0.6) is 11.5 Å². The first-order chi connectivity index (χ1) is 15.3. The second-order valence-corrected chi connectivity index (χ2v) is 8.37. The summed E-state index contributed by atoms with van der Waals surface area (Å²) in [6.07, 6.45) is 1.31. The SMILES string of the molecule is CN1CCN(c2c(F)c(N(C)C)c3c(=O)c(C(=O)O)cn4c3c2Oc2ccccc2-4)CC1. The topological polar surface area (TPSA) is 78.3 Å². The van der Waals surface area contributed by atoms with Crippen LogP contribution in [0.1, 0.15) is 10.4 Å². The molecule has 0 radical (unpaired) electrons. The van der Waals surface area contributed by atoms with Crippen molar-refractivity contribution < 1.29 is 19.0 Å². The standard InChI is InChI=1S/C23H23FN4O4/c1-25(2)18-16-19-22(20(17(18)24)27-10-8-26(3)9-11-27)32-15-7-5-4-6-14(15)28(19)12-13(21(16)29)23(30)31/h4-7,12H,8-11H2,1-3H3,(H,30,31). The van der Waals surface area contributed by atoms with Crippen LogP contribution in [0.3, 0.4) is 0 Å². The summed E-state index contributed by atoms with van der Waals surface area (Å²) in [7, 11) is 5.30. The van der Waals surface area contributed by atoms with Crippen LogP contribution in [0.25, 0.3) is 16.6 Å². The lowest BCUT2D eigenvalue weighted by Gasteiger charge is -2.37. The Hall–Kier alpha value is -3.59. The van der Waals surface area contributed by atoms with E-state index < -0.39 is 22.8 Å². The van der Waals surface area contributed by atoms with Crippen molar-refractivity contribution in [1.82, 2.24) is 9.47 Å².